The fourth-order valence-electron chi connectivity index (χ4n) is 1.60. The summed E-state index contributed by atoms with van der Waals surface area (Å²) in [6.45, 7) is 3.74. The standard InChI is InChI=1S/C12H18BrNO4S/c1-4-18-11-6-5-10(13)7-12(11)19(16,17)14(3)8-9(2)15/h5-7,9,15H,4,8H2,1-3H3. The van der Waals surface area contributed by atoms with Crippen LogP contribution in [0.1, 0.15) is 13.8 Å². The van der Waals surface area contributed by atoms with Crippen molar-refractivity contribution in [2.75, 3.05) is 20.2 Å². The number of rotatable bonds is 6. The summed E-state index contributed by atoms with van der Waals surface area (Å²) >= 11 is 3.25. The second kappa shape index (κ2) is 6.69. The van der Waals surface area contributed by atoms with E-state index in [0.717, 1.165) is 4.31 Å². The van der Waals surface area contributed by atoms with Gasteiger partial charge in [-0.05, 0) is 32.0 Å². The number of halogens is 1. The molecule has 0 radical (unpaired) electrons. The summed E-state index contributed by atoms with van der Waals surface area (Å²) in [5, 5.41) is 9.31. The van der Waals surface area contributed by atoms with Crippen LogP contribution in [0, 0.1) is 0 Å². The number of benzene rings is 1. The lowest BCUT2D eigenvalue weighted by Crippen LogP contribution is -2.33. The van der Waals surface area contributed by atoms with E-state index in [4.69, 9.17) is 4.74 Å². The number of ether oxygens (including phenoxy) is 1. The van der Waals surface area contributed by atoms with Crippen molar-refractivity contribution in [2.45, 2.75) is 24.8 Å². The van der Waals surface area contributed by atoms with Gasteiger partial charge in [0.1, 0.15) is 10.6 Å². The zero-order chi connectivity index (χ0) is 14.6. The smallest absolute Gasteiger partial charge is 0.246 e. The molecule has 0 saturated heterocycles. The van der Waals surface area contributed by atoms with Gasteiger partial charge in [0.25, 0.3) is 0 Å². The SMILES string of the molecule is CCOc1ccc(Br)cc1S(=O)(=O)N(C)CC(C)O. The molecule has 1 rings (SSSR count). The molecule has 0 heterocycles. The highest BCUT2D eigenvalue weighted by atomic mass is 79.9. The second-order valence-electron chi connectivity index (χ2n) is 4.16. The molecule has 19 heavy (non-hydrogen) atoms. The van der Waals surface area contributed by atoms with Gasteiger partial charge in [0.2, 0.25) is 10.0 Å². The fourth-order valence-corrected chi connectivity index (χ4v) is 3.51. The highest BCUT2D eigenvalue weighted by Gasteiger charge is 2.26. The van der Waals surface area contributed by atoms with Crippen molar-refractivity contribution < 1.29 is 18.3 Å². The maximum Gasteiger partial charge on any atom is 0.246 e. The minimum atomic E-state index is -3.69. The molecule has 7 heteroatoms. The average molecular weight is 352 g/mol. The number of nitrogens with zero attached hydrogens (tertiary/aromatic N) is 1. The Hall–Kier alpha value is -0.630. The first kappa shape index (κ1) is 16.4. The van der Waals surface area contributed by atoms with Crippen molar-refractivity contribution in [2.24, 2.45) is 0 Å². The maximum absolute atomic E-state index is 12.4. The number of hydrogen-bond donors (Lipinski definition) is 1. The van der Waals surface area contributed by atoms with Crippen LogP contribution in [0.15, 0.2) is 27.6 Å². The van der Waals surface area contributed by atoms with Crippen LogP contribution < -0.4 is 4.74 Å². The first-order valence-corrected chi connectivity index (χ1v) is 8.09. The largest absolute Gasteiger partial charge is 0.492 e. The Balaban J connectivity index is 3.22. The van der Waals surface area contributed by atoms with Crippen molar-refractivity contribution in [3.63, 3.8) is 0 Å². The molecule has 0 aliphatic heterocycles. The van der Waals surface area contributed by atoms with Crippen molar-refractivity contribution in [3.05, 3.63) is 22.7 Å². The molecule has 1 unspecified atom stereocenters. The lowest BCUT2D eigenvalue weighted by atomic mass is 10.3. The quantitative estimate of drug-likeness (QED) is 0.849. The Morgan fingerprint density at radius 1 is 1.47 bits per heavy atom. The van der Waals surface area contributed by atoms with Crippen LogP contribution in [0.25, 0.3) is 0 Å². The van der Waals surface area contributed by atoms with E-state index in [1.165, 1.54) is 20.0 Å². The number of likely N-dealkylation sites (N-methyl/N-ethyl adjacent to an activating group) is 1. The molecule has 0 saturated carbocycles. The first-order valence-electron chi connectivity index (χ1n) is 5.85. The van der Waals surface area contributed by atoms with E-state index in [9.17, 15) is 13.5 Å². The molecular formula is C12H18BrNO4S. The summed E-state index contributed by atoms with van der Waals surface area (Å²) in [5.41, 5.74) is 0. The fraction of sp³-hybridized carbons (Fsp3) is 0.500. The predicted octanol–water partition coefficient (Wildman–Crippen LogP) is 1.85. The molecule has 1 aromatic rings. The normalized spacial score (nSPS) is 13.6. The Bertz CT molecular complexity index is 531. The van der Waals surface area contributed by atoms with Gasteiger partial charge in [0.15, 0.2) is 0 Å². The van der Waals surface area contributed by atoms with Crippen LogP contribution in [-0.4, -0.2) is 44.1 Å². The molecule has 0 aliphatic rings. The molecule has 0 fully saturated rings. The lowest BCUT2D eigenvalue weighted by Gasteiger charge is -2.20. The average Bonchev–Trinajstić information content (AvgIpc) is 2.30. The summed E-state index contributed by atoms with van der Waals surface area (Å²) in [6, 6.07) is 4.83. The minimum Gasteiger partial charge on any atom is -0.492 e. The van der Waals surface area contributed by atoms with Crippen LogP contribution in [0.5, 0.6) is 5.75 Å². The molecule has 0 bridgehead atoms. The molecule has 1 atom stereocenters. The molecule has 108 valence electrons. The third-order valence-electron chi connectivity index (χ3n) is 2.42. The molecule has 0 amide bonds. The van der Waals surface area contributed by atoms with Gasteiger partial charge in [-0.15, -0.1) is 0 Å². The lowest BCUT2D eigenvalue weighted by molar-refractivity contribution is 0.171. The number of hydrogen-bond acceptors (Lipinski definition) is 4. The van der Waals surface area contributed by atoms with E-state index in [1.54, 1.807) is 19.1 Å². The van der Waals surface area contributed by atoms with E-state index in [2.05, 4.69) is 15.9 Å². The molecule has 0 aliphatic carbocycles. The topological polar surface area (TPSA) is 66.8 Å². The van der Waals surface area contributed by atoms with Crippen molar-refractivity contribution >= 4 is 26.0 Å². The van der Waals surface area contributed by atoms with Gasteiger partial charge in [-0.25, -0.2) is 8.42 Å². The van der Waals surface area contributed by atoms with Gasteiger partial charge in [0.05, 0.1) is 12.7 Å². The van der Waals surface area contributed by atoms with Gasteiger partial charge >= 0.3 is 0 Å². The van der Waals surface area contributed by atoms with Crippen LogP contribution in [-0.2, 0) is 10.0 Å². The van der Waals surface area contributed by atoms with Crippen LogP contribution in [0.3, 0.4) is 0 Å². The predicted molar refractivity (Wildman–Crippen MR) is 76.8 cm³/mol. The van der Waals surface area contributed by atoms with Crippen LogP contribution in [0.2, 0.25) is 0 Å². The van der Waals surface area contributed by atoms with E-state index < -0.39 is 16.1 Å². The first-order chi connectivity index (χ1) is 8.78. The van der Waals surface area contributed by atoms with Gasteiger partial charge in [-0.3, -0.25) is 0 Å². The highest BCUT2D eigenvalue weighted by Crippen LogP contribution is 2.29. The van der Waals surface area contributed by atoms with Gasteiger partial charge in [0, 0.05) is 18.1 Å². The van der Waals surface area contributed by atoms with Gasteiger partial charge < -0.3 is 9.84 Å². The van der Waals surface area contributed by atoms with Crippen molar-refractivity contribution in [3.8, 4) is 5.75 Å². The summed E-state index contributed by atoms with van der Waals surface area (Å²) in [4.78, 5) is 0.0897. The maximum atomic E-state index is 12.4. The zero-order valence-electron chi connectivity index (χ0n) is 11.1. The highest BCUT2D eigenvalue weighted by molar-refractivity contribution is 9.10. The summed E-state index contributed by atoms with van der Waals surface area (Å²) in [7, 11) is -2.26. The third kappa shape index (κ3) is 4.17. The molecule has 1 aromatic carbocycles. The van der Waals surface area contributed by atoms with Crippen LogP contribution in [0.4, 0.5) is 0 Å². The molecule has 0 spiro atoms. The summed E-state index contributed by atoms with van der Waals surface area (Å²) in [5.74, 6) is 0.308. The third-order valence-corrected chi connectivity index (χ3v) is 4.75. The molecular weight excluding hydrogens is 334 g/mol. The Labute approximate surface area is 122 Å². The summed E-state index contributed by atoms with van der Waals surface area (Å²) in [6.07, 6.45) is -0.734. The number of sulfonamides is 1. The van der Waals surface area contributed by atoms with Crippen molar-refractivity contribution in [1.29, 1.82) is 0 Å². The van der Waals surface area contributed by atoms with Crippen LogP contribution >= 0.6 is 15.9 Å². The Morgan fingerprint density at radius 2 is 2.11 bits per heavy atom. The van der Waals surface area contributed by atoms with E-state index in [1.807, 2.05) is 0 Å². The second-order valence-corrected chi connectivity index (χ2v) is 7.09. The zero-order valence-corrected chi connectivity index (χ0v) is 13.5. The Kier molecular flexibility index (Phi) is 5.79. The molecule has 5 nitrogen and oxygen atoms in total. The van der Waals surface area contributed by atoms with E-state index in [-0.39, 0.29) is 11.4 Å². The van der Waals surface area contributed by atoms with E-state index >= 15 is 0 Å². The molecule has 1 N–H and O–H groups in total. The monoisotopic (exact) mass is 351 g/mol. The van der Waals surface area contributed by atoms with Crippen molar-refractivity contribution in [1.82, 2.24) is 4.31 Å². The van der Waals surface area contributed by atoms with Gasteiger partial charge in [-0.2, -0.15) is 4.31 Å². The summed E-state index contributed by atoms with van der Waals surface area (Å²) < 4.78 is 32.0. The number of aliphatic hydroxyl groups is 1. The minimum absolute atomic E-state index is 0.0282. The number of aliphatic hydroxyl groups excluding tert-OH is 1. The van der Waals surface area contributed by atoms with Gasteiger partial charge in [-0.1, -0.05) is 15.9 Å². The Morgan fingerprint density at radius 3 is 2.63 bits per heavy atom. The molecule has 0 aromatic heterocycles. The van der Waals surface area contributed by atoms with E-state index in [0.29, 0.717) is 16.8 Å².